The van der Waals surface area contributed by atoms with Crippen molar-refractivity contribution in [1.29, 1.82) is 0 Å². The number of carbonyl (C=O) groups is 1. The first-order chi connectivity index (χ1) is 8.41. The van der Waals surface area contributed by atoms with Gasteiger partial charge in [0.2, 0.25) is 0 Å². The van der Waals surface area contributed by atoms with Gasteiger partial charge in [0.1, 0.15) is 5.69 Å². The number of nitrogens with zero attached hydrogens (tertiary/aromatic N) is 2. The van der Waals surface area contributed by atoms with Gasteiger partial charge >= 0.3 is 0 Å². The number of likely N-dealkylation sites (N-methyl/N-ethyl adjacent to an activating group) is 1. The van der Waals surface area contributed by atoms with Gasteiger partial charge in [0.05, 0.1) is 4.92 Å². The second kappa shape index (κ2) is 5.97. The number of hydrogen-bond donors (Lipinski definition) is 2. The monoisotopic (exact) mass is 252 g/mol. The van der Waals surface area contributed by atoms with Crippen molar-refractivity contribution in [3.63, 3.8) is 0 Å². The Morgan fingerprint density at radius 1 is 1.50 bits per heavy atom. The van der Waals surface area contributed by atoms with Crippen molar-refractivity contribution >= 4 is 17.3 Å². The highest BCUT2D eigenvalue weighted by Crippen LogP contribution is 2.21. The topological polar surface area (TPSA) is 102 Å². The number of anilines is 1. The summed E-state index contributed by atoms with van der Waals surface area (Å²) < 4.78 is 0. The van der Waals surface area contributed by atoms with E-state index in [1.165, 1.54) is 18.2 Å². The Labute approximate surface area is 105 Å². The van der Waals surface area contributed by atoms with Gasteiger partial charge < -0.3 is 16.0 Å². The Hall–Kier alpha value is -2.15. The predicted octanol–water partition coefficient (Wildman–Crippen LogP) is 0.468. The van der Waals surface area contributed by atoms with Crippen LogP contribution in [0.3, 0.4) is 0 Å². The number of nitrogens with one attached hydrogen (secondary N) is 1. The summed E-state index contributed by atoms with van der Waals surface area (Å²) in [4.78, 5) is 23.6. The van der Waals surface area contributed by atoms with Gasteiger partial charge in [-0.3, -0.25) is 14.9 Å². The molecule has 0 aliphatic carbocycles. The lowest BCUT2D eigenvalue weighted by Gasteiger charge is -2.10. The van der Waals surface area contributed by atoms with Gasteiger partial charge in [0, 0.05) is 24.7 Å². The van der Waals surface area contributed by atoms with E-state index in [-0.39, 0.29) is 17.3 Å². The summed E-state index contributed by atoms with van der Waals surface area (Å²) in [5, 5.41) is 13.3. The number of carbonyl (C=O) groups excluding carboxylic acids is 1. The van der Waals surface area contributed by atoms with Gasteiger partial charge in [0.25, 0.3) is 11.6 Å². The number of nitro groups is 1. The molecule has 0 fully saturated rings. The Kier molecular flexibility index (Phi) is 4.61. The van der Waals surface area contributed by atoms with Crippen LogP contribution >= 0.6 is 0 Å². The van der Waals surface area contributed by atoms with Gasteiger partial charge in [-0.25, -0.2) is 0 Å². The van der Waals surface area contributed by atoms with Crippen LogP contribution in [0.15, 0.2) is 18.2 Å². The van der Waals surface area contributed by atoms with Crippen molar-refractivity contribution < 1.29 is 9.72 Å². The summed E-state index contributed by atoms with van der Waals surface area (Å²) in [5.41, 5.74) is 5.62. The average molecular weight is 252 g/mol. The minimum absolute atomic E-state index is 0.0136. The summed E-state index contributed by atoms with van der Waals surface area (Å²) in [6, 6.07) is 3.93. The molecule has 0 radical (unpaired) electrons. The molecule has 0 saturated heterocycles. The molecule has 0 spiro atoms. The zero-order valence-electron chi connectivity index (χ0n) is 10.3. The highest BCUT2D eigenvalue weighted by molar-refractivity contribution is 5.95. The highest BCUT2D eigenvalue weighted by atomic mass is 16.6. The van der Waals surface area contributed by atoms with Crippen molar-refractivity contribution in [1.82, 2.24) is 10.2 Å². The van der Waals surface area contributed by atoms with E-state index < -0.39 is 4.92 Å². The van der Waals surface area contributed by atoms with E-state index in [1.54, 1.807) is 0 Å². The molecule has 7 nitrogen and oxygen atoms in total. The van der Waals surface area contributed by atoms with Crippen molar-refractivity contribution in [2.75, 3.05) is 32.9 Å². The predicted molar refractivity (Wildman–Crippen MR) is 68.4 cm³/mol. The maximum absolute atomic E-state index is 11.7. The van der Waals surface area contributed by atoms with Crippen molar-refractivity contribution in [3.05, 3.63) is 33.9 Å². The summed E-state index contributed by atoms with van der Waals surface area (Å²) in [6.45, 7) is 1.22. The second-order valence-electron chi connectivity index (χ2n) is 4.09. The van der Waals surface area contributed by atoms with Crippen LogP contribution in [0.4, 0.5) is 11.4 Å². The molecule has 0 atom stereocenters. The molecule has 0 aliphatic heterocycles. The van der Waals surface area contributed by atoms with Crippen LogP contribution in [0.25, 0.3) is 0 Å². The van der Waals surface area contributed by atoms with Crippen LogP contribution in [0.5, 0.6) is 0 Å². The number of nitrogen functional groups attached to an aromatic ring is 1. The largest absolute Gasteiger partial charge is 0.393 e. The normalized spacial score (nSPS) is 10.4. The Balaban J connectivity index is 2.70. The SMILES string of the molecule is CN(C)CCNC(=O)c1ccc([N+](=O)[O-])c(N)c1. The van der Waals surface area contributed by atoms with E-state index in [1.807, 2.05) is 19.0 Å². The first-order valence-corrected chi connectivity index (χ1v) is 5.38. The van der Waals surface area contributed by atoms with Gasteiger partial charge in [-0.15, -0.1) is 0 Å². The summed E-state index contributed by atoms with van der Waals surface area (Å²) in [7, 11) is 3.80. The third-order valence-corrected chi connectivity index (χ3v) is 2.33. The fraction of sp³-hybridized carbons (Fsp3) is 0.364. The maximum atomic E-state index is 11.7. The summed E-state index contributed by atoms with van der Waals surface area (Å²) in [6.07, 6.45) is 0. The minimum Gasteiger partial charge on any atom is -0.393 e. The van der Waals surface area contributed by atoms with E-state index in [2.05, 4.69) is 5.32 Å². The third kappa shape index (κ3) is 3.70. The zero-order chi connectivity index (χ0) is 13.7. The van der Waals surface area contributed by atoms with Gasteiger partial charge in [-0.1, -0.05) is 0 Å². The first-order valence-electron chi connectivity index (χ1n) is 5.38. The van der Waals surface area contributed by atoms with Gasteiger partial charge in [-0.2, -0.15) is 0 Å². The Bertz CT molecular complexity index is 460. The van der Waals surface area contributed by atoms with Crippen molar-refractivity contribution in [3.8, 4) is 0 Å². The fourth-order valence-electron chi connectivity index (χ4n) is 1.36. The van der Waals surface area contributed by atoms with Gasteiger partial charge in [0.15, 0.2) is 0 Å². The Morgan fingerprint density at radius 2 is 2.17 bits per heavy atom. The molecule has 0 unspecified atom stereocenters. The van der Waals surface area contributed by atoms with Crippen molar-refractivity contribution in [2.24, 2.45) is 0 Å². The molecule has 1 amide bonds. The molecule has 18 heavy (non-hydrogen) atoms. The molecule has 0 bridgehead atoms. The number of amides is 1. The molecule has 7 heteroatoms. The van der Waals surface area contributed by atoms with Crippen LogP contribution in [-0.4, -0.2) is 42.9 Å². The number of benzene rings is 1. The molecule has 1 aromatic carbocycles. The van der Waals surface area contributed by atoms with Crippen molar-refractivity contribution in [2.45, 2.75) is 0 Å². The molecule has 0 aliphatic rings. The molecular weight excluding hydrogens is 236 g/mol. The van der Waals surface area contributed by atoms with Crippen LogP contribution in [0.2, 0.25) is 0 Å². The van der Waals surface area contributed by atoms with Crippen LogP contribution in [-0.2, 0) is 0 Å². The fourth-order valence-corrected chi connectivity index (χ4v) is 1.36. The third-order valence-electron chi connectivity index (χ3n) is 2.33. The molecule has 0 heterocycles. The Morgan fingerprint density at radius 3 is 2.67 bits per heavy atom. The molecule has 0 aromatic heterocycles. The van der Waals surface area contributed by atoms with E-state index in [9.17, 15) is 14.9 Å². The second-order valence-corrected chi connectivity index (χ2v) is 4.09. The lowest BCUT2D eigenvalue weighted by molar-refractivity contribution is -0.383. The lowest BCUT2D eigenvalue weighted by Crippen LogP contribution is -2.31. The van der Waals surface area contributed by atoms with Crippen LogP contribution < -0.4 is 11.1 Å². The highest BCUT2D eigenvalue weighted by Gasteiger charge is 2.14. The first kappa shape index (κ1) is 13.9. The molecular formula is C11H16N4O3. The molecule has 1 aromatic rings. The number of nitrogens with two attached hydrogens (primary N) is 1. The number of rotatable bonds is 5. The standard InChI is InChI=1S/C11H16N4O3/c1-14(2)6-5-13-11(16)8-3-4-10(15(17)18)9(12)7-8/h3-4,7H,5-6,12H2,1-2H3,(H,13,16). The zero-order valence-corrected chi connectivity index (χ0v) is 10.3. The summed E-state index contributed by atoms with van der Waals surface area (Å²) in [5.74, 6) is -0.293. The van der Waals surface area contributed by atoms with Crippen LogP contribution in [0, 0.1) is 10.1 Å². The average Bonchev–Trinajstić information content (AvgIpc) is 2.27. The number of nitro benzene ring substituents is 1. The smallest absolute Gasteiger partial charge is 0.292 e. The van der Waals surface area contributed by atoms with E-state index in [4.69, 9.17) is 5.73 Å². The van der Waals surface area contributed by atoms with Gasteiger partial charge in [-0.05, 0) is 26.2 Å². The van der Waals surface area contributed by atoms with E-state index >= 15 is 0 Å². The van der Waals surface area contributed by atoms with Crippen LogP contribution in [0.1, 0.15) is 10.4 Å². The number of hydrogen-bond acceptors (Lipinski definition) is 5. The molecule has 3 N–H and O–H groups in total. The van der Waals surface area contributed by atoms with E-state index in [0.29, 0.717) is 18.7 Å². The van der Waals surface area contributed by atoms with E-state index in [0.717, 1.165) is 0 Å². The molecule has 0 saturated carbocycles. The quantitative estimate of drug-likeness (QED) is 0.450. The lowest BCUT2D eigenvalue weighted by atomic mass is 10.1. The summed E-state index contributed by atoms with van der Waals surface area (Å²) >= 11 is 0. The molecule has 1 rings (SSSR count). The maximum Gasteiger partial charge on any atom is 0.292 e. The molecule has 98 valence electrons. The minimum atomic E-state index is -0.580.